The fraction of sp³-hybridized carbons (Fsp3) is 0.522. The standard InChI is InChI=1S/C23H31N7O/c24-19-3-5-23(25,6-4-19)22-20-13-17(1-2-21(20)26-16-27-22)18-14-28-30(15-18)8-7-29-9-11-31-12-10-29/h1-2,13-16,19H,3-12,24-25H2. The van der Waals surface area contributed by atoms with Gasteiger partial charge in [0.2, 0.25) is 0 Å². The van der Waals surface area contributed by atoms with Gasteiger partial charge in [0.05, 0.1) is 42.7 Å². The summed E-state index contributed by atoms with van der Waals surface area (Å²) in [6.45, 7) is 5.48. The number of aromatic nitrogens is 4. The Morgan fingerprint density at radius 1 is 1.06 bits per heavy atom. The minimum atomic E-state index is -0.446. The highest BCUT2D eigenvalue weighted by Crippen LogP contribution is 2.37. The molecule has 8 nitrogen and oxygen atoms in total. The van der Waals surface area contributed by atoms with E-state index in [1.54, 1.807) is 6.33 Å². The molecule has 1 aliphatic heterocycles. The number of morpholine rings is 1. The molecule has 5 rings (SSSR count). The van der Waals surface area contributed by atoms with Gasteiger partial charge in [0.1, 0.15) is 6.33 Å². The van der Waals surface area contributed by atoms with E-state index in [0.29, 0.717) is 0 Å². The van der Waals surface area contributed by atoms with Gasteiger partial charge in [-0.05, 0) is 43.4 Å². The predicted molar refractivity (Wildman–Crippen MR) is 120 cm³/mol. The zero-order chi connectivity index (χ0) is 21.3. The first kappa shape index (κ1) is 20.5. The Morgan fingerprint density at radius 3 is 2.68 bits per heavy atom. The van der Waals surface area contributed by atoms with Crippen LogP contribution in [0.25, 0.3) is 22.0 Å². The maximum Gasteiger partial charge on any atom is 0.116 e. The number of ether oxygens (including phenoxy) is 1. The third-order valence-corrected chi connectivity index (χ3v) is 6.75. The molecule has 0 unspecified atom stereocenters. The quantitative estimate of drug-likeness (QED) is 0.647. The van der Waals surface area contributed by atoms with E-state index in [9.17, 15) is 0 Å². The number of benzene rings is 1. The van der Waals surface area contributed by atoms with Crippen LogP contribution in [0.4, 0.5) is 0 Å². The smallest absolute Gasteiger partial charge is 0.116 e. The summed E-state index contributed by atoms with van der Waals surface area (Å²) < 4.78 is 7.44. The maximum atomic E-state index is 6.84. The van der Waals surface area contributed by atoms with E-state index in [4.69, 9.17) is 16.2 Å². The van der Waals surface area contributed by atoms with E-state index in [1.165, 1.54) is 0 Å². The highest BCUT2D eigenvalue weighted by Gasteiger charge is 2.34. The van der Waals surface area contributed by atoms with Gasteiger partial charge in [-0.15, -0.1) is 0 Å². The first-order valence-electron chi connectivity index (χ1n) is 11.2. The fourth-order valence-electron chi connectivity index (χ4n) is 4.73. The van der Waals surface area contributed by atoms with Crippen molar-refractivity contribution in [1.29, 1.82) is 0 Å². The van der Waals surface area contributed by atoms with E-state index < -0.39 is 5.54 Å². The van der Waals surface area contributed by atoms with Gasteiger partial charge in [-0.2, -0.15) is 5.10 Å². The molecule has 4 N–H and O–H groups in total. The van der Waals surface area contributed by atoms with Gasteiger partial charge in [-0.25, -0.2) is 9.97 Å². The molecule has 164 valence electrons. The Kier molecular flexibility index (Phi) is 5.71. The molecule has 31 heavy (non-hydrogen) atoms. The topological polar surface area (TPSA) is 108 Å². The fourth-order valence-corrected chi connectivity index (χ4v) is 4.73. The molecule has 0 radical (unpaired) electrons. The first-order valence-corrected chi connectivity index (χ1v) is 11.2. The van der Waals surface area contributed by atoms with Gasteiger partial charge in [-0.3, -0.25) is 9.58 Å². The zero-order valence-electron chi connectivity index (χ0n) is 17.9. The Morgan fingerprint density at radius 2 is 1.87 bits per heavy atom. The van der Waals surface area contributed by atoms with E-state index in [1.807, 2.05) is 10.9 Å². The van der Waals surface area contributed by atoms with Crippen molar-refractivity contribution in [2.24, 2.45) is 11.5 Å². The molecule has 0 amide bonds. The predicted octanol–water partition coefficient (Wildman–Crippen LogP) is 1.88. The van der Waals surface area contributed by atoms with Gasteiger partial charge in [-0.1, -0.05) is 6.07 Å². The van der Waals surface area contributed by atoms with Crippen LogP contribution in [0.1, 0.15) is 31.4 Å². The van der Waals surface area contributed by atoms with Crippen LogP contribution in [0, 0.1) is 0 Å². The largest absolute Gasteiger partial charge is 0.379 e. The molecular formula is C23H31N7O. The van der Waals surface area contributed by atoms with Crippen LogP contribution in [0.5, 0.6) is 0 Å². The summed E-state index contributed by atoms with van der Waals surface area (Å²) in [5, 5.41) is 5.61. The van der Waals surface area contributed by atoms with E-state index in [0.717, 1.165) is 92.8 Å². The number of rotatable bonds is 5. The summed E-state index contributed by atoms with van der Waals surface area (Å²) in [6.07, 6.45) is 9.23. The lowest BCUT2D eigenvalue weighted by molar-refractivity contribution is 0.0360. The molecule has 0 spiro atoms. The lowest BCUT2D eigenvalue weighted by Crippen LogP contribution is -2.44. The summed E-state index contributed by atoms with van der Waals surface area (Å²) in [5.74, 6) is 0. The third-order valence-electron chi connectivity index (χ3n) is 6.75. The van der Waals surface area contributed by atoms with Crippen LogP contribution in [0.2, 0.25) is 0 Å². The van der Waals surface area contributed by atoms with Crippen molar-refractivity contribution in [2.75, 3.05) is 32.8 Å². The first-order chi connectivity index (χ1) is 15.1. The normalized spacial score (nSPS) is 25.2. The van der Waals surface area contributed by atoms with Gasteiger partial charge >= 0.3 is 0 Å². The molecule has 3 aromatic rings. The minimum Gasteiger partial charge on any atom is -0.379 e. The van der Waals surface area contributed by atoms with Crippen LogP contribution in [0.3, 0.4) is 0 Å². The van der Waals surface area contributed by atoms with Crippen LogP contribution < -0.4 is 11.5 Å². The number of hydrogen-bond acceptors (Lipinski definition) is 7. The van der Waals surface area contributed by atoms with Crippen molar-refractivity contribution >= 4 is 10.9 Å². The van der Waals surface area contributed by atoms with Crippen molar-refractivity contribution in [3.8, 4) is 11.1 Å². The Hall–Kier alpha value is -2.39. The molecule has 2 fully saturated rings. The maximum absolute atomic E-state index is 6.84. The molecule has 1 aromatic carbocycles. The summed E-state index contributed by atoms with van der Waals surface area (Å²) in [5.41, 5.74) is 16.6. The molecule has 1 saturated heterocycles. The van der Waals surface area contributed by atoms with Crippen LogP contribution in [0.15, 0.2) is 36.9 Å². The van der Waals surface area contributed by atoms with Crippen molar-refractivity contribution in [1.82, 2.24) is 24.6 Å². The van der Waals surface area contributed by atoms with Gasteiger partial charge in [0, 0.05) is 42.8 Å². The van der Waals surface area contributed by atoms with Gasteiger partial charge < -0.3 is 16.2 Å². The highest BCUT2D eigenvalue weighted by molar-refractivity contribution is 5.86. The highest BCUT2D eigenvalue weighted by atomic mass is 16.5. The number of hydrogen-bond donors (Lipinski definition) is 2. The third kappa shape index (κ3) is 4.34. The summed E-state index contributed by atoms with van der Waals surface area (Å²) in [7, 11) is 0. The molecule has 0 bridgehead atoms. The molecule has 1 aliphatic carbocycles. The molecule has 0 atom stereocenters. The van der Waals surface area contributed by atoms with Crippen LogP contribution in [-0.2, 0) is 16.8 Å². The Balaban J connectivity index is 1.39. The SMILES string of the molecule is NC1CCC(N)(c2ncnc3ccc(-c4cnn(CCN5CCOCC5)c4)cc23)CC1. The van der Waals surface area contributed by atoms with Crippen molar-refractivity contribution in [3.63, 3.8) is 0 Å². The summed E-state index contributed by atoms with van der Waals surface area (Å²) in [6, 6.07) is 6.56. The number of nitrogens with zero attached hydrogens (tertiary/aromatic N) is 5. The second-order valence-corrected chi connectivity index (χ2v) is 8.89. The van der Waals surface area contributed by atoms with Crippen molar-refractivity contribution < 1.29 is 4.74 Å². The summed E-state index contributed by atoms with van der Waals surface area (Å²) >= 11 is 0. The Bertz CT molecular complexity index is 1040. The summed E-state index contributed by atoms with van der Waals surface area (Å²) in [4.78, 5) is 11.5. The number of fused-ring (bicyclic) bond motifs is 1. The minimum absolute atomic E-state index is 0.239. The zero-order valence-corrected chi connectivity index (χ0v) is 17.9. The average molecular weight is 422 g/mol. The molecule has 3 heterocycles. The van der Waals surface area contributed by atoms with Crippen LogP contribution in [-0.4, -0.2) is 63.5 Å². The van der Waals surface area contributed by atoms with E-state index >= 15 is 0 Å². The second-order valence-electron chi connectivity index (χ2n) is 8.89. The molecule has 2 aromatic heterocycles. The van der Waals surface area contributed by atoms with Gasteiger partial charge in [0.15, 0.2) is 0 Å². The average Bonchev–Trinajstić information content (AvgIpc) is 3.29. The van der Waals surface area contributed by atoms with Gasteiger partial charge in [0.25, 0.3) is 0 Å². The second kappa shape index (κ2) is 8.63. The molecule has 1 saturated carbocycles. The monoisotopic (exact) mass is 421 g/mol. The lowest BCUT2D eigenvalue weighted by Gasteiger charge is -2.36. The number of nitrogens with two attached hydrogens (primary N) is 2. The van der Waals surface area contributed by atoms with Crippen molar-refractivity contribution in [2.45, 2.75) is 43.8 Å². The molecule has 8 heteroatoms. The van der Waals surface area contributed by atoms with Crippen LogP contribution >= 0.6 is 0 Å². The Labute approximate surface area is 182 Å². The van der Waals surface area contributed by atoms with E-state index in [2.05, 4.69) is 44.4 Å². The lowest BCUT2D eigenvalue weighted by atomic mass is 9.77. The van der Waals surface area contributed by atoms with Crippen molar-refractivity contribution in [3.05, 3.63) is 42.6 Å². The molecular weight excluding hydrogens is 390 g/mol. The molecule has 2 aliphatic rings. The van der Waals surface area contributed by atoms with E-state index in [-0.39, 0.29) is 6.04 Å².